The molecule has 1 aliphatic rings. The second-order valence-corrected chi connectivity index (χ2v) is 7.06. The molecule has 4 heteroatoms. The molecule has 4 nitrogen and oxygen atoms in total. The summed E-state index contributed by atoms with van der Waals surface area (Å²) in [5, 5.41) is 28.9. The molecule has 0 spiro atoms. The monoisotopic (exact) mass is 350 g/mol. The van der Waals surface area contributed by atoms with Crippen LogP contribution in [0.15, 0.2) is 36.5 Å². The fraction of sp³-hybridized carbons (Fsp3) is 0.667. The molecule has 3 N–H and O–H groups in total. The summed E-state index contributed by atoms with van der Waals surface area (Å²) in [4.78, 5) is 10.5. The molecule has 0 heterocycles. The second-order valence-electron chi connectivity index (χ2n) is 7.06. The van der Waals surface area contributed by atoms with Crippen molar-refractivity contribution in [3.05, 3.63) is 36.5 Å². The normalized spacial score (nSPS) is 25.2. The number of allylic oxidation sites excluding steroid dienone is 3. The van der Waals surface area contributed by atoms with Gasteiger partial charge in [0.1, 0.15) is 0 Å². The topological polar surface area (TPSA) is 77.8 Å². The summed E-state index contributed by atoms with van der Waals surface area (Å²) in [6.07, 6.45) is 14.1. The highest BCUT2D eigenvalue weighted by molar-refractivity contribution is 5.66. The Bertz CT molecular complexity index is 467. The first-order valence-corrected chi connectivity index (χ1v) is 9.54. The predicted molar refractivity (Wildman–Crippen MR) is 101 cm³/mol. The molecule has 0 aromatic carbocycles. The van der Waals surface area contributed by atoms with Gasteiger partial charge in [0, 0.05) is 12.3 Å². The molecular weight excluding hydrogens is 316 g/mol. The number of aliphatic hydroxyl groups is 2. The summed E-state index contributed by atoms with van der Waals surface area (Å²) in [6.45, 7) is 6.23. The number of hydrogen-bond donors (Lipinski definition) is 3. The molecule has 1 rings (SSSR count). The highest BCUT2D eigenvalue weighted by Gasteiger charge is 2.35. The SMILES string of the molecule is C=C1C[C@H](O)[C@@H](C/C=C/CCCC(=O)O)[C@H]1C=C[C@H](O)CCCCC. The predicted octanol–water partition coefficient (Wildman–Crippen LogP) is 4.24. The molecule has 1 fully saturated rings. The van der Waals surface area contributed by atoms with Gasteiger partial charge in [-0.3, -0.25) is 4.79 Å². The molecule has 0 amide bonds. The number of unbranched alkanes of at least 4 members (excludes halogenated alkanes) is 3. The Morgan fingerprint density at radius 1 is 1.32 bits per heavy atom. The van der Waals surface area contributed by atoms with Crippen molar-refractivity contribution in [2.45, 2.75) is 76.9 Å². The molecule has 25 heavy (non-hydrogen) atoms. The third kappa shape index (κ3) is 8.50. The van der Waals surface area contributed by atoms with E-state index in [-0.39, 0.29) is 18.3 Å². The Balaban J connectivity index is 2.48. The lowest BCUT2D eigenvalue weighted by Gasteiger charge is -2.18. The number of rotatable bonds is 12. The quantitative estimate of drug-likeness (QED) is 0.363. The van der Waals surface area contributed by atoms with Crippen LogP contribution in [0.25, 0.3) is 0 Å². The lowest BCUT2D eigenvalue weighted by atomic mass is 9.89. The van der Waals surface area contributed by atoms with Gasteiger partial charge in [0.15, 0.2) is 0 Å². The average molecular weight is 350 g/mol. The first-order chi connectivity index (χ1) is 12.0. The smallest absolute Gasteiger partial charge is 0.303 e. The van der Waals surface area contributed by atoms with Gasteiger partial charge in [-0.2, -0.15) is 0 Å². The summed E-state index contributed by atoms with van der Waals surface area (Å²) < 4.78 is 0. The molecule has 0 radical (unpaired) electrons. The second kappa shape index (κ2) is 12.0. The van der Waals surface area contributed by atoms with Crippen LogP contribution >= 0.6 is 0 Å². The van der Waals surface area contributed by atoms with Gasteiger partial charge in [-0.15, -0.1) is 0 Å². The third-order valence-corrected chi connectivity index (χ3v) is 4.88. The van der Waals surface area contributed by atoms with Crippen LogP contribution in [-0.4, -0.2) is 33.5 Å². The van der Waals surface area contributed by atoms with Crippen LogP contribution in [0.3, 0.4) is 0 Å². The van der Waals surface area contributed by atoms with E-state index in [2.05, 4.69) is 13.5 Å². The average Bonchev–Trinajstić information content (AvgIpc) is 2.82. The number of carboxylic acid groups (broad SMARTS) is 1. The van der Waals surface area contributed by atoms with Crippen molar-refractivity contribution in [2.24, 2.45) is 11.8 Å². The van der Waals surface area contributed by atoms with Gasteiger partial charge in [-0.1, -0.05) is 62.6 Å². The number of aliphatic hydroxyl groups excluding tert-OH is 2. The molecule has 1 aliphatic carbocycles. The van der Waals surface area contributed by atoms with Gasteiger partial charge in [0.2, 0.25) is 0 Å². The van der Waals surface area contributed by atoms with Crippen molar-refractivity contribution in [1.29, 1.82) is 0 Å². The molecular formula is C21H34O4. The molecule has 4 atom stereocenters. The van der Waals surface area contributed by atoms with Gasteiger partial charge in [-0.25, -0.2) is 0 Å². The molecule has 0 bridgehead atoms. The first kappa shape index (κ1) is 21.7. The Morgan fingerprint density at radius 2 is 2.08 bits per heavy atom. The molecule has 142 valence electrons. The van der Waals surface area contributed by atoms with E-state index in [1.54, 1.807) is 0 Å². The fourth-order valence-corrected chi connectivity index (χ4v) is 3.37. The van der Waals surface area contributed by atoms with E-state index in [0.29, 0.717) is 12.8 Å². The molecule has 0 saturated heterocycles. The van der Waals surface area contributed by atoms with Gasteiger partial charge in [0.05, 0.1) is 12.2 Å². The summed E-state index contributed by atoms with van der Waals surface area (Å²) in [6, 6.07) is 0. The fourth-order valence-electron chi connectivity index (χ4n) is 3.37. The van der Waals surface area contributed by atoms with E-state index in [4.69, 9.17) is 5.11 Å². The third-order valence-electron chi connectivity index (χ3n) is 4.88. The number of carboxylic acids is 1. The van der Waals surface area contributed by atoms with Crippen molar-refractivity contribution >= 4 is 5.97 Å². The van der Waals surface area contributed by atoms with E-state index >= 15 is 0 Å². The van der Waals surface area contributed by atoms with E-state index in [1.165, 1.54) is 0 Å². The minimum absolute atomic E-state index is 0.0855. The largest absolute Gasteiger partial charge is 0.481 e. The van der Waals surface area contributed by atoms with Crippen LogP contribution in [0.2, 0.25) is 0 Å². The lowest BCUT2D eigenvalue weighted by Crippen LogP contribution is -2.18. The zero-order chi connectivity index (χ0) is 18.7. The zero-order valence-corrected chi connectivity index (χ0v) is 15.4. The van der Waals surface area contributed by atoms with Gasteiger partial charge in [-0.05, 0) is 38.0 Å². The Morgan fingerprint density at radius 3 is 2.76 bits per heavy atom. The maximum absolute atomic E-state index is 10.5. The van der Waals surface area contributed by atoms with Crippen LogP contribution in [0, 0.1) is 11.8 Å². The summed E-state index contributed by atoms with van der Waals surface area (Å²) in [5.74, 6) is -0.583. The zero-order valence-electron chi connectivity index (χ0n) is 15.4. The summed E-state index contributed by atoms with van der Waals surface area (Å²) in [5.41, 5.74) is 1.02. The van der Waals surface area contributed by atoms with E-state index in [9.17, 15) is 15.0 Å². The molecule has 0 aliphatic heterocycles. The maximum Gasteiger partial charge on any atom is 0.303 e. The van der Waals surface area contributed by atoms with Gasteiger partial charge < -0.3 is 15.3 Å². The van der Waals surface area contributed by atoms with E-state index in [1.807, 2.05) is 24.3 Å². The Kier molecular flexibility index (Phi) is 10.4. The minimum atomic E-state index is -0.765. The van der Waals surface area contributed by atoms with Crippen molar-refractivity contribution in [2.75, 3.05) is 0 Å². The molecule has 0 unspecified atom stereocenters. The van der Waals surface area contributed by atoms with E-state index in [0.717, 1.165) is 44.1 Å². The Hall–Kier alpha value is -1.39. The van der Waals surface area contributed by atoms with Crippen LogP contribution in [0.1, 0.15) is 64.7 Å². The molecule has 0 aromatic heterocycles. The molecule has 0 aromatic rings. The maximum atomic E-state index is 10.5. The van der Waals surface area contributed by atoms with Gasteiger partial charge in [0.25, 0.3) is 0 Å². The van der Waals surface area contributed by atoms with Crippen LogP contribution < -0.4 is 0 Å². The number of hydrogen-bond acceptors (Lipinski definition) is 3. The summed E-state index contributed by atoms with van der Waals surface area (Å²) >= 11 is 0. The number of aliphatic carboxylic acids is 1. The van der Waals surface area contributed by atoms with Crippen molar-refractivity contribution in [3.8, 4) is 0 Å². The highest BCUT2D eigenvalue weighted by Crippen LogP contribution is 2.39. The van der Waals surface area contributed by atoms with Crippen LogP contribution in [0.5, 0.6) is 0 Å². The van der Waals surface area contributed by atoms with Crippen molar-refractivity contribution in [3.63, 3.8) is 0 Å². The van der Waals surface area contributed by atoms with Crippen LogP contribution in [0.4, 0.5) is 0 Å². The van der Waals surface area contributed by atoms with Gasteiger partial charge >= 0.3 is 5.97 Å². The van der Waals surface area contributed by atoms with Crippen LogP contribution in [-0.2, 0) is 4.79 Å². The van der Waals surface area contributed by atoms with E-state index < -0.39 is 18.2 Å². The first-order valence-electron chi connectivity index (χ1n) is 9.54. The van der Waals surface area contributed by atoms with Crippen molar-refractivity contribution < 1.29 is 20.1 Å². The Labute approximate surface area is 152 Å². The summed E-state index contributed by atoms with van der Waals surface area (Å²) in [7, 11) is 0. The molecule has 1 saturated carbocycles. The number of carbonyl (C=O) groups is 1. The minimum Gasteiger partial charge on any atom is -0.481 e. The standard InChI is InChI=1S/C21H34O4/c1-3-4-7-10-17(22)13-14-18-16(2)15-20(23)19(18)11-8-5-6-9-12-21(24)25/h5,8,13-14,17-20,22-23H,2-4,6-7,9-12,15H2,1H3,(H,24,25)/b8-5+,14-13?/t17-,18+,19+,20+/m1/s1. The van der Waals surface area contributed by atoms with Crippen molar-refractivity contribution in [1.82, 2.24) is 0 Å². The lowest BCUT2D eigenvalue weighted by molar-refractivity contribution is -0.137. The highest BCUT2D eigenvalue weighted by atomic mass is 16.4.